The zero-order chi connectivity index (χ0) is 19.0. The van der Waals surface area contributed by atoms with Gasteiger partial charge in [0, 0.05) is 11.6 Å². The van der Waals surface area contributed by atoms with E-state index in [9.17, 15) is 8.42 Å². The molecule has 3 aromatic carbocycles. The molecule has 0 amide bonds. The van der Waals surface area contributed by atoms with E-state index >= 15 is 0 Å². The predicted molar refractivity (Wildman–Crippen MR) is 110 cm³/mol. The van der Waals surface area contributed by atoms with Gasteiger partial charge in [-0.1, -0.05) is 71.7 Å². The number of nitrogens with zero attached hydrogens (tertiary/aromatic N) is 2. The van der Waals surface area contributed by atoms with Crippen LogP contribution in [0.4, 0.5) is 11.4 Å². The first-order valence-corrected chi connectivity index (χ1v) is 10.5. The summed E-state index contributed by atoms with van der Waals surface area (Å²) >= 11 is 12.5. The maximum absolute atomic E-state index is 13.3. The largest absolute Gasteiger partial charge is 0.347 e. The second-order valence-electron chi connectivity index (χ2n) is 6.25. The van der Waals surface area contributed by atoms with Gasteiger partial charge in [0.2, 0.25) is 0 Å². The number of halogens is 2. The van der Waals surface area contributed by atoms with Crippen LogP contribution in [0.1, 0.15) is 5.56 Å². The van der Waals surface area contributed by atoms with Crippen molar-refractivity contribution >= 4 is 44.6 Å². The quantitative estimate of drug-likeness (QED) is 0.589. The van der Waals surface area contributed by atoms with Crippen LogP contribution in [0.2, 0.25) is 10.0 Å². The topological polar surface area (TPSA) is 40.6 Å². The maximum atomic E-state index is 13.3. The second-order valence-corrected chi connectivity index (χ2v) is 8.89. The third kappa shape index (κ3) is 3.38. The van der Waals surface area contributed by atoms with Crippen molar-refractivity contribution in [3.63, 3.8) is 0 Å². The molecule has 7 heteroatoms. The summed E-state index contributed by atoms with van der Waals surface area (Å²) in [6.45, 7) is 0.703. The van der Waals surface area contributed by atoms with Crippen molar-refractivity contribution in [2.75, 3.05) is 15.9 Å². The molecule has 0 saturated carbocycles. The fourth-order valence-electron chi connectivity index (χ4n) is 3.21. The van der Waals surface area contributed by atoms with Gasteiger partial charge in [-0.05, 0) is 29.8 Å². The molecule has 0 radical (unpaired) electrons. The zero-order valence-electron chi connectivity index (χ0n) is 14.2. The molecule has 0 unspecified atom stereocenters. The first kappa shape index (κ1) is 18.2. The number of fused-ring (bicyclic) bond motifs is 1. The lowest BCUT2D eigenvalue weighted by molar-refractivity contribution is 0.582. The molecule has 0 N–H and O–H groups in total. The van der Waals surface area contributed by atoms with Gasteiger partial charge < -0.3 is 4.90 Å². The van der Waals surface area contributed by atoms with Gasteiger partial charge in [-0.15, -0.1) is 0 Å². The van der Waals surface area contributed by atoms with Gasteiger partial charge in [0.1, 0.15) is 11.6 Å². The molecule has 0 fully saturated rings. The van der Waals surface area contributed by atoms with Crippen molar-refractivity contribution in [2.24, 2.45) is 0 Å². The standard InChI is InChI=1S/C20H16Cl2N2O2S/c21-16-11-18(22)20-19(12-16)23(13-15-7-3-1-4-8-15)14-24(27(20,25)26)17-9-5-2-6-10-17/h1-12H,13-14H2. The van der Waals surface area contributed by atoms with Crippen LogP contribution in [0.5, 0.6) is 0 Å². The van der Waals surface area contributed by atoms with Gasteiger partial charge in [-0.25, -0.2) is 12.7 Å². The maximum Gasteiger partial charge on any atom is 0.269 e. The molecule has 0 aromatic heterocycles. The highest BCUT2D eigenvalue weighted by atomic mass is 35.5. The van der Waals surface area contributed by atoms with Crippen LogP contribution in [0, 0.1) is 0 Å². The summed E-state index contributed by atoms with van der Waals surface area (Å²) in [6.07, 6.45) is 0. The van der Waals surface area contributed by atoms with Crippen LogP contribution < -0.4 is 9.21 Å². The molecule has 0 saturated heterocycles. The lowest BCUT2D eigenvalue weighted by atomic mass is 10.2. The minimum absolute atomic E-state index is 0.0830. The summed E-state index contributed by atoms with van der Waals surface area (Å²) in [5.41, 5.74) is 2.17. The number of hydrogen-bond donors (Lipinski definition) is 0. The number of hydrogen-bond acceptors (Lipinski definition) is 3. The van der Waals surface area contributed by atoms with Crippen LogP contribution >= 0.6 is 23.2 Å². The number of sulfonamides is 1. The SMILES string of the molecule is O=S1(=O)c2c(Cl)cc(Cl)cc2N(Cc2ccccc2)CN1c1ccccc1. The summed E-state index contributed by atoms with van der Waals surface area (Å²) in [5, 5.41) is 0.524. The molecule has 0 atom stereocenters. The van der Waals surface area contributed by atoms with Gasteiger partial charge in [0.05, 0.1) is 16.4 Å². The van der Waals surface area contributed by atoms with Gasteiger partial charge in [-0.2, -0.15) is 0 Å². The van der Waals surface area contributed by atoms with Gasteiger partial charge in [-0.3, -0.25) is 0 Å². The molecule has 0 aliphatic carbocycles. The molecule has 1 aliphatic heterocycles. The average molecular weight is 419 g/mol. The minimum Gasteiger partial charge on any atom is -0.347 e. The molecular formula is C20H16Cl2N2O2S. The average Bonchev–Trinajstić information content (AvgIpc) is 2.64. The van der Waals surface area contributed by atoms with E-state index in [2.05, 4.69) is 0 Å². The highest BCUT2D eigenvalue weighted by molar-refractivity contribution is 7.93. The normalized spacial score (nSPS) is 15.5. The number of benzene rings is 3. The fraction of sp³-hybridized carbons (Fsp3) is 0.100. The van der Waals surface area contributed by atoms with E-state index < -0.39 is 10.0 Å². The Kier molecular flexibility index (Phi) is 4.76. The molecule has 4 rings (SSSR count). The summed E-state index contributed by atoms with van der Waals surface area (Å²) in [6, 6.07) is 22.0. The van der Waals surface area contributed by atoms with Crippen LogP contribution in [-0.4, -0.2) is 15.1 Å². The molecule has 3 aromatic rings. The van der Waals surface area contributed by atoms with Crippen molar-refractivity contribution in [1.82, 2.24) is 0 Å². The van der Waals surface area contributed by atoms with Crippen molar-refractivity contribution in [3.05, 3.63) is 88.4 Å². The summed E-state index contributed by atoms with van der Waals surface area (Å²) < 4.78 is 28.0. The molecule has 1 heterocycles. The Morgan fingerprint density at radius 1 is 0.889 bits per heavy atom. The third-order valence-corrected chi connectivity index (χ3v) is 6.92. The van der Waals surface area contributed by atoms with E-state index in [4.69, 9.17) is 23.2 Å². The van der Waals surface area contributed by atoms with Crippen molar-refractivity contribution in [1.29, 1.82) is 0 Å². The molecule has 0 bridgehead atoms. The molecular weight excluding hydrogens is 403 g/mol. The molecule has 1 aliphatic rings. The van der Waals surface area contributed by atoms with Crippen LogP contribution in [0.25, 0.3) is 0 Å². The van der Waals surface area contributed by atoms with Gasteiger partial charge >= 0.3 is 0 Å². The fourth-order valence-corrected chi connectivity index (χ4v) is 5.65. The molecule has 138 valence electrons. The van der Waals surface area contributed by atoms with E-state index in [-0.39, 0.29) is 16.6 Å². The summed E-state index contributed by atoms with van der Waals surface area (Å²) in [5.74, 6) is 0. The Balaban J connectivity index is 1.87. The Hall–Kier alpha value is -2.21. The lowest BCUT2D eigenvalue weighted by Gasteiger charge is -2.39. The first-order valence-electron chi connectivity index (χ1n) is 8.32. The zero-order valence-corrected chi connectivity index (χ0v) is 16.5. The van der Waals surface area contributed by atoms with Crippen molar-refractivity contribution in [3.8, 4) is 0 Å². The summed E-state index contributed by atoms with van der Waals surface area (Å²) in [4.78, 5) is 2.05. The monoisotopic (exact) mass is 418 g/mol. The van der Waals surface area contributed by atoms with Crippen LogP contribution in [0.3, 0.4) is 0 Å². The van der Waals surface area contributed by atoms with E-state index in [0.29, 0.717) is 22.9 Å². The Labute approximate surface area is 168 Å². The molecule has 4 nitrogen and oxygen atoms in total. The van der Waals surface area contributed by atoms with Gasteiger partial charge in [0.25, 0.3) is 10.0 Å². The number of para-hydroxylation sites is 1. The number of anilines is 2. The van der Waals surface area contributed by atoms with Crippen LogP contribution in [-0.2, 0) is 16.6 Å². The second kappa shape index (κ2) is 7.08. The summed E-state index contributed by atoms with van der Waals surface area (Å²) in [7, 11) is -3.81. The van der Waals surface area contributed by atoms with Crippen LogP contribution in [0.15, 0.2) is 77.7 Å². The van der Waals surface area contributed by atoms with E-state index in [1.165, 1.54) is 10.4 Å². The predicted octanol–water partition coefficient (Wildman–Crippen LogP) is 5.17. The lowest BCUT2D eigenvalue weighted by Crippen LogP contribution is -2.46. The molecule has 27 heavy (non-hydrogen) atoms. The van der Waals surface area contributed by atoms with Crippen molar-refractivity contribution < 1.29 is 8.42 Å². The smallest absolute Gasteiger partial charge is 0.269 e. The minimum atomic E-state index is -3.81. The highest BCUT2D eigenvalue weighted by Gasteiger charge is 2.37. The third-order valence-electron chi connectivity index (χ3n) is 4.44. The van der Waals surface area contributed by atoms with E-state index in [1.807, 2.05) is 53.4 Å². The Morgan fingerprint density at radius 2 is 1.52 bits per heavy atom. The first-order chi connectivity index (χ1) is 13.0. The Morgan fingerprint density at radius 3 is 2.19 bits per heavy atom. The Bertz CT molecular complexity index is 1070. The van der Waals surface area contributed by atoms with Gasteiger partial charge in [0.15, 0.2) is 0 Å². The number of rotatable bonds is 3. The molecule has 0 spiro atoms. The van der Waals surface area contributed by atoms with E-state index in [0.717, 1.165) is 5.56 Å². The highest BCUT2D eigenvalue weighted by Crippen LogP contribution is 2.42. The van der Waals surface area contributed by atoms with Crippen molar-refractivity contribution in [2.45, 2.75) is 11.4 Å². The van der Waals surface area contributed by atoms with E-state index in [1.54, 1.807) is 18.2 Å².